The van der Waals surface area contributed by atoms with Crippen LogP contribution in [0.15, 0.2) is 18.2 Å². The van der Waals surface area contributed by atoms with Crippen LogP contribution < -0.4 is 11.1 Å². The Kier molecular flexibility index (Phi) is 5.69. The van der Waals surface area contributed by atoms with E-state index in [4.69, 9.17) is 5.73 Å². The summed E-state index contributed by atoms with van der Waals surface area (Å²) >= 11 is 0. The molecule has 0 aliphatic carbocycles. The topological polar surface area (TPSA) is 58.4 Å². The molecule has 1 amide bonds. The van der Waals surface area contributed by atoms with Crippen molar-refractivity contribution in [3.63, 3.8) is 0 Å². The number of rotatable bonds is 6. The van der Waals surface area contributed by atoms with Crippen molar-refractivity contribution >= 4 is 17.3 Å². The summed E-state index contributed by atoms with van der Waals surface area (Å²) in [5.74, 6) is -0.213. The average molecular weight is 271 g/mol. The molecule has 1 aromatic carbocycles. The lowest BCUT2D eigenvalue weighted by Crippen LogP contribution is -2.28. The van der Waals surface area contributed by atoms with Crippen LogP contribution in [0.1, 0.15) is 12.0 Å². The van der Waals surface area contributed by atoms with E-state index in [2.05, 4.69) is 5.32 Å². The highest BCUT2D eigenvalue weighted by Crippen LogP contribution is 2.20. The lowest BCUT2D eigenvalue weighted by Gasteiger charge is -2.16. The molecule has 0 aliphatic heterocycles. The SMILES string of the molecule is Cc1c(N)cccc1NC(=O)CCN(C)CC(F)F. The van der Waals surface area contributed by atoms with Crippen molar-refractivity contribution in [1.29, 1.82) is 0 Å². The van der Waals surface area contributed by atoms with Gasteiger partial charge in [-0.1, -0.05) is 6.07 Å². The van der Waals surface area contributed by atoms with E-state index >= 15 is 0 Å². The lowest BCUT2D eigenvalue weighted by atomic mass is 10.1. The molecule has 106 valence electrons. The van der Waals surface area contributed by atoms with Gasteiger partial charge in [0.25, 0.3) is 6.43 Å². The van der Waals surface area contributed by atoms with Gasteiger partial charge in [-0.05, 0) is 31.7 Å². The predicted molar refractivity (Wildman–Crippen MR) is 72.3 cm³/mol. The molecule has 0 bridgehead atoms. The number of nitrogens with zero attached hydrogens (tertiary/aromatic N) is 1. The fourth-order valence-electron chi connectivity index (χ4n) is 1.62. The van der Waals surface area contributed by atoms with E-state index in [-0.39, 0.29) is 25.4 Å². The second-order valence-electron chi connectivity index (χ2n) is 4.47. The third-order valence-electron chi connectivity index (χ3n) is 2.82. The molecule has 0 aromatic heterocycles. The van der Waals surface area contributed by atoms with E-state index in [1.54, 1.807) is 25.2 Å². The van der Waals surface area contributed by atoms with Crippen LogP contribution in [-0.4, -0.2) is 37.4 Å². The molecule has 1 aromatic rings. The largest absolute Gasteiger partial charge is 0.398 e. The Morgan fingerprint density at radius 1 is 1.47 bits per heavy atom. The van der Waals surface area contributed by atoms with Crippen LogP contribution in [0.5, 0.6) is 0 Å². The third kappa shape index (κ3) is 5.21. The first-order valence-electron chi connectivity index (χ1n) is 6.01. The molecule has 0 radical (unpaired) electrons. The molecule has 0 heterocycles. The summed E-state index contributed by atoms with van der Waals surface area (Å²) in [4.78, 5) is 13.1. The summed E-state index contributed by atoms with van der Waals surface area (Å²) in [7, 11) is 1.56. The van der Waals surface area contributed by atoms with Gasteiger partial charge in [0.05, 0.1) is 6.54 Å². The van der Waals surface area contributed by atoms with Gasteiger partial charge < -0.3 is 16.0 Å². The van der Waals surface area contributed by atoms with Crippen LogP contribution in [-0.2, 0) is 4.79 Å². The van der Waals surface area contributed by atoms with Gasteiger partial charge in [0.1, 0.15) is 0 Å². The van der Waals surface area contributed by atoms with E-state index in [9.17, 15) is 13.6 Å². The Labute approximate surface area is 111 Å². The Morgan fingerprint density at radius 2 is 2.16 bits per heavy atom. The summed E-state index contributed by atoms with van der Waals surface area (Å²) in [6, 6.07) is 5.26. The van der Waals surface area contributed by atoms with E-state index in [0.717, 1.165) is 5.56 Å². The minimum absolute atomic E-state index is 0.164. The minimum Gasteiger partial charge on any atom is -0.398 e. The summed E-state index contributed by atoms with van der Waals surface area (Å²) < 4.78 is 24.2. The van der Waals surface area contributed by atoms with Crippen molar-refractivity contribution in [2.75, 3.05) is 31.2 Å². The maximum Gasteiger partial charge on any atom is 0.251 e. The molecule has 19 heavy (non-hydrogen) atoms. The summed E-state index contributed by atoms with van der Waals surface area (Å²) in [5.41, 5.74) is 7.79. The van der Waals surface area contributed by atoms with Crippen molar-refractivity contribution in [3.8, 4) is 0 Å². The quantitative estimate of drug-likeness (QED) is 0.779. The van der Waals surface area contributed by atoms with E-state index in [0.29, 0.717) is 11.4 Å². The van der Waals surface area contributed by atoms with E-state index in [1.165, 1.54) is 4.90 Å². The van der Waals surface area contributed by atoms with Crippen molar-refractivity contribution in [3.05, 3.63) is 23.8 Å². The Bertz CT molecular complexity index is 438. The molecule has 0 fully saturated rings. The molecule has 1 rings (SSSR count). The summed E-state index contributed by atoms with van der Waals surface area (Å²) in [6.45, 7) is 1.77. The van der Waals surface area contributed by atoms with E-state index in [1.807, 2.05) is 6.92 Å². The van der Waals surface area contributed by atoms with Gasteiger partial charge in [-0.2, -0.15) is 0 Å². The van der Waals surface area contributed by atoms with E-state index < -0.39 is 6.43 Å². The molecule has 0 atom stereocenters. The normalized spacial score (nSPS) is 11.1. The highest BCUT2D eigenvalue weighted by atomic mass is 19.3. The monoisotopic (exact) mass is 271 g/mol. The number of carbonyl (C=O) groups is 1. The van der Waals surface area contributed by atoms with Crippen LogP contribution in [0.3, 0.4) is 0 Å². The number of nitrogens with one attached hydrogen (secondary N) is 1. The number of benzene rings is 1. The first kappa shape index (κ1) is 15.4. The standard InChI is InChI=1S/C13H19F2N3O/c1-9-10(16)4-3-5-11(9)17-13(19)6-7-18(2)8-12(14)15/h3-5,12H,6-8,16H2,1-2H3,(H,17,19). The minimum atomic E-state index is -2.38. The van der Waals surface area contributed by atoms with Crippen molar-refractivity contribution in [2.24, 2.45) is 0 Å². The second-order valence-corrected chi connectivity index (χ2v) is 4.47. The molecular weight excluding hydrogens is 252 g/mol. The second kappa shape index (κ2) is 7.04. The van der Waals surface area contributed by atoms with Gasteiger partial charge in [-0.15, -0.1) is 0 Å². The smallest absolute Gasteiger partial charge is 0.251 e. The number of hydrogen-bond donors (Lipinski definition) is 2. The summed E-state index contributed by atoms with van der Waals surface area (Å²) in [6.07, 6.45) is -2.22. The zero-order valence-electron chi connectivity index (χ0n) is 11.1. The number of anilines is 2. The van der Waals surface area contributed by atoms with Crippen molar-refractivity contribution < 1.29 is 13.6 Å². The van der Waals surface area contributed by atoms with Crippen molar-refractivity contribution in [2.45, 2.75) is 19.8 Å². The molecule has 0 saturated carbocycles. The molecule has 0 saturated heterocycles. The number of amides is 1. The number of nitrogen functional groups attached to an aromatic ring is 1. The van der Waals surface area contributed by atoms with Crippen LogP contribution >= 0.6 is 0 Å². The number of alkyl halides is 2. The maximum absolute atomic E-state index is 12.1. The van der Waals surface area contributed by atoms with Crippen LogP contribution in [0, 0.1) is 6.92 Å². The molecule has 4 nitrogen and oxygen atoms in total. The molecule has 0 spiro atoms. The Morgan fingerprint density at radius 3 is 2.79 bits per heavy atom. The van der Waals surface area contributed by atoms with Crippen LogP contribution in [0.25, 0.3) is 0 Å². The summed E-state index contributed by atoms with van der Waals surface area (Å²) in [5, 5.41) is 2.73. The number of hydrogen-bond acceptors (Lipinski definition) is 3. The van der Waals surface area contributed by atoms with Gasteiger partial charge in [-0.25, -0.2) is 8.78 Å². The fraction of sp³-hybridized carbons (Fsp3) is 0.462. The number of nitrogens with two attached hydrogens (primary N) is 1. The maximum atomic E-state index is 12.1. The van der Waals surface area contributed by atoms with Gasteiger partial charge in [-0.3, -0.25) is 4.79 Å². The lowest BCUT2D eigenvalue weighted by molar-refractivity contribution is -0.116. The highest BCUT2D eigenvalue weighted by molar-refractivity contribution is 5.92. The molecule has 0 aliphatic rings. The first-order valence-corrected chi connectivity index (χ1v) is 6.01. The van der Waals surface area contributed by atoms with Crippen LogP contribution in [0.2, 0.25) is 0 Å². The fourth-order valence-corrected chi connectivity index (χ4v) is 1.62. The van der Waals surface area contributed by atoms with Crippen LogP contribution in [0.4, 0.5) is 20.2 Å². The third-order valence-corrected chi connectivity index (χ3v) is 2.82. The van der Waals surface area contributed by atoms with Gasteiger partial charge in [0.2, 0.25) is 5.91 Å². The zero-order valence-corrected chi connectivity index (χ0v) is 11.1. The number of carbonyl (C=O) groups excluding carboxylic acids is 1. The number of halogens is 2. The highest BCUT2D eigenvalue weighted by Gasteiger charge is 2.10. The molecule has 3 N–H and O–H groups in total. The Balaban J connectivity index is 2.45. The molecular formula is C13H19F2N3O. The predicted octanol–water partition coefficient (Wildman–Crippen LogP) is 2.10. The first-order chi connectivity index (χ1) is 8.90. The molecule has 6 heteroatoms. The van der Waals surface area contributed by atoms with Gasteiger partial charge in [0, 0.05) is 24.3 Å². The Hall–Kier alpha value is -1.69. The molecule has 0 unspecified atom stereocenters. The van der Waals surface area contributed by atoms with Gasteiger partial charge in [0.15, 0.2) is 0 Å². The van der Waals surface area contributed by atoms with Crippen molar-refractivity contribution in [1.82, 2.24) is 4.90 Å². The van der Waals surface area contributed by atoms with Gasteiger partial charge >= 0.3 is 0 Å². The zero-order chi connectivity index (χ0) is 14.4. The average Bonchev–Trinajstić information content (AvgIpc) is 2.32.